The lowest BCUT2D eigenvalue weighted by atomic mass is 10.1. The zero-order chi connectivity index (χ0) is 14.4. The Labute approximate surface area is 120 Å². The average Bonchev–Trinajstić information content (AvgIpc) is 2.84. The quantitative estimate of drug-likeness (QED) is 0.856. The minimum absolute atomic E-state index is 0.120. The summed E-state index contributed by atoms with van der Waals surface area (Å²) in [4.78, 5) is 26.3. The van der Waals surface area contributed by atoms with Gasteiger partial charge in [-0.05, 0) is 12.0 Å². The van der Waals surface area contributed by atoms with E-state index in [1.165, 1.54) is 11.3 Å². The Morgan fingerprint density at radius 1 is 1.25 bits per heavy atom. The molecule has 0 saturated carbocycles. The van der Waals surface area contributed by atoms with Gasteiger partial charge in [0.25, 0.3) is 0 Å². The summed E-state index contributed by atoms with van der Waals surface area (Å²) >= 11 is 1.24. The van der Waals surface area contributed by atoms with E-state index in [2.05, 4.69) is 10.3 Å². The molecule has 1 aromatic heterocycles. The van der Waals surface area contributed by atoms with Crippen molar-refractivity contribution in [3.63, 3.8) is 0 Å². The molecule has 6 heteroatoms. The topological polar surface area (TPSA) is 79.3 Å². The van der Waals surface area contributed by atoms with Gasteiger partial charge in [-0.25, -0.2) is 4.98 Å². The third-order valence-electron chi connectivity index (χ3n) is 2.61. The van der Waals surface area contributed by atoms with E-state index < -0.39 is 5.97 Å². The number of thiazole rings is 1. The van der Waals surface area contributed by atoms with Crippen molar-refractivity contribution >= 4 is 28.3 Å². The molecule has 0 saturated heterocycles. The summed E-state index contributed by atoms with van der Waals surface area (Å²) < 4.78 is 0. The fourth-order valence-corrected chi connectivity index (χ4v) is 2.41. The third-order valence-corrected chi connectivity index (χ3v) is 3.42. The van der Waals surface area contributed by atoms with Crippen molar-refractivity contribution in [2.75, 3.05) is 5.32 Å². The Balaban J connectivity index is 1.82. The summed E-state index contributed by atoms with van der Waals surface area (Å²) in [6, 6.07) is 9.75. The molecule has 0 aliphatic carbocycles. The van der Waals surface area contributed by atoms with Crippen molar-refractivity contribution in [3.8, 4) is 0 Å². The molecule has 0 aliphatic rings. The van der Waals surface area contributed by atoms with Crippen molar-refractivity contribution in [2.45, 2.75) is 19.3 Å². The molecule has 0 fully saturated rings. The maximum absolute atomic E-state index is 11.8. The van der Waals surface area contributed by atoms with Crippen LogP contribution in [0.2, 0.25) is 0 Å². The van der Waals surface area contributed by atoms with E-state index in [0.29, 0.717) is 23.7 Å². The van der Waals surface area contributed by atoms with Gasteiger partial charge in [0.05, 0.1) is 12.1 Å². The zero-order valence-corrected chi connectivity index (χ0v) is 11.5. The SMILES string of the molecule is O=C(O)Cc1csc(NC(=O)CCc2ccccc2)n1. The molecule has 0 atom stereocenters. The highest BCUT2D eigenvalue weighted by Gasteiger charge is 2.09. The number of nitrogens with one attached hydrogen (secondary N) is 1. The van der Waals surface area contributed by atoms with E-state index in [4.69, 9.17) is 5.11 Å². The average molecular weight is 290 g/mol. The first-order valence-corrected chi connectivity index (χ1v) is 7.01. The molecule has 1 aromatic carbocycles. The number of anilines is 1. The van der Waals surface area contributed by atoms with Crippen LogP contribution in [0.5, 0.6) is 0 Å². The minimum Gasteiger partial charge on any atom is -0.481 e. The molecular weight excluding hydrogens is 276 g/mol. The van der Waals surface area contributed by atoms with Crippen LogP contribution in [-0.4, -0.2) is 22.0 Å². The summed E-state index contributed by atoms with van der Waals surface area (Å²) in [6.45, 7) is 0. The Hall–Kier alpha value is -2.21. The van der Waals surface area contributed by atoms with Gasteiger partial charge in [-0.1, -0.05) is 30.3 Å². The molecule has 20 heavy (non-hydrogen) atoms. The van der Waals surface area contributed by atoms with Crippen molar-refractivity contribution in [1.82, 2.24) is 4.98 Å². The normalized spacial score (nSPS) is 10.2. The van der Waals surface area contributed by atoms with Crippen molar-refractivity contribution in [3.05, 3.63) is 47.0 Å². The third kappa shape index (κ3) is 4.47. The number of aromatic nitrogens is 1. The highest BCUT2D eigenvalue weighted by atomic mass is 32.1. The highest BCUT2D eigenvalue weighted by Crippen LogP contribution is 2.16. The molecule has 2 rings (SSSR count). The summed E-state index contributed by atoms with van der Waals surface area (Å²) in [5.41, 5.74) is 1.56. The first-order valence-electron chi connectivity index (χ1n) is 6.13. The monoisotopic (exact) mass is 290 g/mol. The number of rotatable bonds is 6. The second-order valence-corrected chi connectivity index (χ2v) is 5.11. The molecule has 0 radical (unpaired) electrons. The van der Waals surface area contributed by atoms with E-state index >= 15 is 0 Å². The van der Waals surface area contributed by atoms with Crippen molar-refractivity contribution in [2.24, 2.45) is 0 Å². The van der Waals surface area contributed by atoms with E-state index in [9.17, 15) is 9.59 Å². The van der Waals surface area contributed by atoms with Gasteiger partial charge in [-0.15, -0.1) is 11.3 Å². The summed E-state index contributed by atoms with van der Waals surface area (Å²) in [5.74, 6) is -1.05. The highest BCUT2D eigenvalue weighted by molar-refractivity contribution is 7.13. The van der Waals surface area contributed by atoms with Crippen LogP contribution in [0.15, 0.2) is 35.7 Å². The molecule has 0 spiro atoms. The minimum atomic E-state index is -0.933. The van der Waals surface area contributed by atoms with Gasteiger partial charge in [0.2, 0.25) is 5.91 Å². The largest absolute Gasteiger partial charge is 0.481 e. The number of carboxylic acids is 1. The lowest BCUT2D eigenvalue weighted by Gasteiger charge is -2.02. The predicted octanol–water partition coefficient (Wildman–Crippen LogP) is 2.34. The first-order chi connectivity index (χ1) is 9.63. The molecule has 2 N–H and O–H groups in total. The number of aliphatic carboxylic acids is 1. The van der Waals surface area contributed by atoms with E-state index in [-0.39, 0.29) is 12.3 Å². The molecule has 1 amide bonds. The van der Waals surface area contributed by atoms with E-state index in [1.807, 2.05) is 30.3 Å². The van der Waals surface area contributed by atoms with Crippen molar-refractivity contribution < 1.29 is 14.7 Å². The first kappa shape index (κ1) is 14.2. The molecular formula is C14H14N2O3S. The van der Waals surface area contributed by atoms with Crippen LogP contribution in [0, 0.1) is 0 Å². The molecule has 2 aromatic rings. The maximum atomic E-state index is 11.8. The van der Waals surface area contributed by atoms with Crippen LogP contribution in [-0.2, 0) is 22.4 Å². The fourth-order valence-electron chi connectivity index (χ4n) is 1.68. The number of benzene rings is 1. The number of hydrogen-bond acceptors (Lipinski definition) is 4. The summed E-state index contributed by atoms with van der Waals surface area (Å²) in [7, 11) is 0. The van der Waals surface area contributed by atoms with Gasteiger partial charge in [-0.2, -0.15) is 0 Å². The standard InChI is InChI=1S/C14H14N2O3S/c17-12(7-6-10-4-2-1-3-5-10)16-14-15-11(9-20-14)8-13(18)19/h1-5,9H,6-8H2,(H,18,19)(H,15,16,17). The molecule has 1 heterocycles. The second kappa shape index (κ2) is 6.81. The Kier molecular flexibility index (Phi) is 4.84. The zero-order valence-electron chi connectivity index (χ0n) is 10.7. The van der Waals surface area contributed by atoms with Crippen LogP contribution < -0.4 is 5.32 Å². The number of carboxylic acid groups (broad SMARTS) is 1. The summed E-state index contributed by atoms with van der Waals surface area (Å²) in [5, 5.41) is 13.4. The molecule has 0 unspecified atom stereocenters. The van der Waals surface area contributed by atoms with E-state index in [0.717, 1.165) is 5.56 Å². The van der Waals surface area contributed by atoms with Gasteiger partial charge in [0.15, 0.2) is 5.13 Å². The number of carbonyl (C=O) groups excluding carboxylic acids is 1. The van der Waals surface area contributed by atoms with Gasteiger partial charge in [-0.3, -0.25) is 9.59 Å². The van der Waals surface area contributed by atoms with E-state index in [1.54, 1.807) is 5.38 Å². The smallest absolute Gasteiger partial charge is 0.309 e. The fraction of sp³-hybridized carbons (Fsp3) is 0.214. The lowest BCUT2D eigenvalue weighted by molar-refractivity contribution is -0.136. The van der Waals surface area contributed by atoms with Crippen LogP contribution in [0.25, 0.3) is 0 Å². The van der Waals surface area contributed by atoms with Crippen LogP contribution in [0.1, 0.15) is 17.7 Å². The second-order valence-electron chi connectivity index (χ2n) is 4.25. The van der Waals surface area contributed by atoms with Crippen LogP contribution in [0.4, 0.5) is 5.13 Å². The lowest BCUT2D eigenvalue weighted by Crippen LogP contribution is -2.12. The maximum Gasteiger partial charge on any atom is 0.309 e. The van der Waals surface area contributed by atoms with Gasteiger partial charge in [0, 0.05) is 11.8 Å². The predicted molar refractivity (Wildman–Crippen MR) is 76.8 cm³/mol. The van der Waals surface area contributed by atoms with Gasteiger partial charge >= 0.3 is 5.97 Å². The van der Waals surface area contributed by atoms with Crippen LogP contribution in [0.3, 0.4) is 0 Å². The molecule has 0 bridgehead atoms. The Bertz CT molecular complexity index is 595. The van der Waals surface area contributed by atoms with Gasteiger partial charge < -0.3 is 10.4 Å². The Morgan fingerprint density at radius 2 is 2.00 bits per heavy atom. The number of nitrogens with zero attached hydrogens (tertiary/aromatic N) is 1. The van der Waals surface area contributed by atoms with Crippen LogP contribution >= 0.6 is 11.3 Å². The number of aryl methyl sites for hydroxylation is 1. The molecule has 5 nitrogen and oxygen atoms in total. The number of hydrogen-bond donors (Lipinski definition) is 2. The Morgan fingerprint density at radius 3 is 2.70 bits per heavy atom. The van der Waals surface area contributed by atoms with Crippen molar-refractivity contribution in [1.29, 1.82) is 0 Å². The molecule has 104 valence electrons. The number of amides is 1. The number of carbonyl (C=O) groups is 2. The summed E-state index contributed by atoms with van der Waals surface area (Å²) in [6.07, 6.45) is 0.911. The van der Waals surface area contributed by atoms with Gasteiger partial charge in [0.1, 0.15) is 0 Å². The molecule has 0 aliphatic heterocycles.